The molecule has 2 rings (SSSR count). The second-order valence-electron chi connectivity index (χ2n) is 4.39. The van der Waals surface area contributed by atoms with Crippen molar-refractivity contribution in [1.82, 2.24) is 20.1 Å². The van der Waals surface area contributed by atoms with Gasteiger partial charge in [0.2, 0.25) is 0 Å². The normalized spacial score (nSPS) is 10.8. The first-order valence-corrected chi connectivity index (χ1v) is 5.75. The van der Waals surface area contributed by atoms with E-state index in [1.807, 2.05) is 31.0 Å². The van der Waals surface area contributed by atoms with Gasteiger partial charge in [0.25, 0.3) is 0 Å². The number of aromatic nitrogens is 3. The van der Waals surface area contributed by atoms with E-state index >= 15 is 0 Å². The summed E-state index contributed by atoms with van der Waals surface area (Å²) in [5.41, 5.74) is 4.74. The Kier molecular flexibility index (Phi) is 3.54. The van der Waals surface area contributed by atoms with Crippen LogP contribution < -0.4 is 5.32 Å². The highest BCUT2D eigenvalue weighted by Crippen LogP contribution is 2.05. The molecular formula is C13H18N4. The third-order valence-corrected chi connectivity index (χ3v) is 2.69. The molecule has 0 spiro atoms. The van der Waals surface area contributed by atoms with Crippen LogP contribution in [-0.2, 0) is 20.1 Å². The molecule has 0 bridgehead atoms. The van der Waals surface area contributed by atoms with Crippen LogP contribution >= 0.6 is 0 Å². The molecule has 90 valence electrons. The molecule has 4 heteroatoms. The molecule has 0 aliphatic rings. The van der Waals surface area contributed by atoms with Crippen LogP contribution in [0.4, 0.5) is 0 Å². The molecular weight excluding hydrogens is 212 g/mol. The van der Waals surface area contributed by atoms with E-state index in [1.54, 1.807) is 0 Å². The summed E-state index contributed by atoms with van der Waals surface area (Å²) < 4.78 is 1.85. The summed E-state index contributed by atoms with van der Waals surface area (Å²) in [5.74, 6) is 0. The molecule has 2 aromatic rings. The van der Waals surface area contributed by atoms with Crippen LogP contribution in [0.2, 0.25) is 0 Å². The maximum Gasteiger partial charge on any atom is 0.0638 e. The largest absolute Gasteiger partial charge is 0.308 e. The molecule has 2 heterocycles. The van der Waals surface area contributed by atoms with Gasteiger partial charge in [0.1, 0.15) is 0 Å². The predicted molar refractivity (Wildman–Crippen MR) is 67.5 cm³/mol. The van der Waals surface area contributed by atoms with Crippen molar-refractivity contribution in [3.8, 4) is 0 Å². The van der Waals surface area contributed by atoms with Crippen LogP contribution in [0, 0.1) is 13.8 Å². The molecule has 2 aromatic heterocycles. The molecule has 0 aromatic carbocycles. The van der Waals surface area contributed by atoms with Gasteiger partial charge in [-0.2, -0.15) is 5.10 Å². The molecule has 0 amide bonds. The van der Waals surface area contributed by atoms with Crippen molar-refractivity contribution in [3.05, 3.63) is 47.0 Å². The summed E-state index contributed by atoms with van der Waals surface area (Å²) in [6.07, 6.45) is 5.82. The highest BCUT2D eigenvalue weighted by atomic mass is 15.2. The van der Waals surface area contributed by atoms with E-state index in [0.29, 0.717) is 0 Å². The standard InChI is InChI=1S/C13H18N4/c1-10-4-12(6-14-5-10)7-15-8-13-9-17(3)16-11(13)2/h4-6,9,15H,7-8H2,1-3H3. The van der Waals surface area contributed by atoms with Crippen LogP contribution in [-0.4, -0.2) is 14.8 Å². The summed E-state index contributed by atoms with van der Waals surface area (Å²) in [6, 6.07) is 2.15. The molecule has 0 unspecified atom stereocenters. The predicted octanol–water partition coefficient (Wildman–Crippen LogP) is 1.72. The smallest absolute Gasteiger partial charge is 0.0638 e. The Balaban J connectivity index is 1.89. The lowest BCUT2D eigenvalue weighted by molar-refractivity contribution is 0.687. The first-order chi connectivity index (χ1) is 8.15. The third kappa shape index (κ3) is 3.14. The van der Waals surface area contributed by atoms with Gasteiger partial charge in [-0.1, -0.05) is 6.07 Å². The molecule has 0 aliphatic heterocycles. The van der Waals surface area contributed by atoms with Crippen molar-refractivity contribution in [1.29, 1.82) is 0 Å². The van der Waals surface area contributed by atoms with Gasteiger partial charge in [-0.15, -0.1) is 0 Å². The molecule has 4 nitrogen and oxygen atoms in total. The van der Waals surface area contributed by atoms with Crippen LogP contribution in [0.3, 0.4) is 0 Å². The fraction of sp³-hybridized carbons (Fsp3) is 0.385. The zero-order valence-electron chi connectivity index (χ0n) is 10.6. The van der Waals surface area contributed by atoms with Gasteiger partial charge in [-0.25, -0.2) is 0 Å². The minimum atomic E-state index is 0.836. The number of hydrogen-bond donors (Lipinski definition) is 1. The van der Waals surface area contributed by atoms with Gasteiger partial charge in [0.05, 0.1) is 5.69 Å². The van der Waals surface area contributed by atoms with Gasteiger partial charge in [-0.3, -0.25) is 9.67 Å². The van der Waals surface area contributed by atoms with Crippen molar-refractivity contribution in [2.24, 2.45) is 7.05 Å². The molecule has 1 N–H and O–H groups in total. The van der Waals surface area contributed by atoms with Gasteiger partial charge >= 0.3 is 0 Å². The molecule has 0 radical (unpaired) electrons. The number of hydrogen-bond acceptors (Lipinski definition) is 3. The number of rotatable bonds is 4. The Morgan fingerprint density at radius 3 is 2.71 bits per heavy atom. The Morgan fingerprint density at radius 1 is 1.24 bits per heavy atom. The quantitative estimate of drug-likeness (QED) is 0.869. The van der Waals surface area contributed by atoms with Crippen molar-refractivity contribution < 1.29 is 0 Å². The van der Waals surface area contributed by atoms with Crippen LogP contribution in [0.1, 0.15) is 22.4 Å². The summed E-state index contributed by atoms with van der Waals surface area (Å²) in [5, 5.41) is 7.72. The lowest BCUT2D eigenvalue weighted by Crippen LogP contribution is -2.13. The first kappa shape index (κ1) is 11.8. The second kappa shape index (κ2) is 5.10. The third-order valence-electron chi connectivity index (χ3n) is 2.69. The van der Waals surface area contributed by atoms with E-state index in [9.17, 15) is 0 Å². The van der Waals surface area contributed by atoms with Gasteiger partial charge in [0.15, 0.2) is 0 Å². The van der Waals surface area contributed by atoms with E-state index in [4.69, 9.17) is 0 Å². The molecule has 0 saturated heterocycles. The lowest BCUT2D eigenvalue weighted by Gasteiger charge is -2.04. The second-order valence-corrected chi connectivity index (χ2v) is 4.39. The van der Waals surface area contributed by atoms with Crippen molar-refractivity contribution in [2.75, 3.05) is 0 Å². The average molecular weight is 230 g/mol. The molecule has 17 heavy (non-hydrogen) atoms. The van der Waals surface area contributed by atoms with Crippen LogP contribution in [0.5, 0.6) is 0 Å². The molecule has 0 fully saturated rings. The maximum atomic E-state index is 4.32. The fourth-order valence-electron chi connectivity index (χ4n) is 1.88. The van der Waals surface area contributed by atoms with E-state index in [1.165, 1.54) is 16.7 Å². The minimum Gasteiger partial charge on any atom is -0.308 e. The fourth-order valence-corrected chi connectivity index (χ4v) is 1.88. The highest BCUT2D eigenvalue weighted by molar-refractivity contribution is 5.18. The summed E-state index contributed by atoms with van der Waals surface area (Å²) >= 11 is 0. The number of nitrogens with zero attached hydrogens (tertiary/aromatic N) is 3. The molecule has 0 saturated carbocycles. The summed E-state index contributed by atoms with van der Waals surface area (Å²) in [7, 11) is 1.95. The van der Waals surface area contributed by atoms with Crippen molar-refractivity contribution >= 4 is 0 Å². The average Bonchev–Trinajstić information content (AvgIpc) is 2.58. The zero-order valence-corrected chi connectivity index (χ0v) is 10.6. The molecule has 0 atom stereocenters. The molecule has 0 aliphatic carbocycles. The van der Waals surface area contributed by atoms with E-state index < -0.39 is 0 Å². The van der Waals surface area contributed by atoms with Crippen molar-refractivity contribution in [3.63, 3.8) is 0 Å². The van der Waals surface area contributed by atoms with E-state index in [-0.39, 0.29) is 0 Å². The Hall–Kier alpha value is -1.68. The highest BCUT2D eigenvalue weighted by Gasteiger charge is 2.02. The maximum absolute atomic E-state index is 4.32. The SMILES string of the molecule is Cc1cncc(CNCc2cn(C)nc2C)c1. The zero-order chi connectivity index (χ0) is 12.3. The number of pyridine rings is 1. The summed E-state index contributed by atoms with van der Waals surface area (Å²) in [6.45, 7) is 5.77. The van der Waals surface area contributed by atoms with Gasteiger partial charge in [-0.05, 0) is 25.0 Å². The van der Waals surface area contributed by atoms with E-state index in [0.717, 1.165) is 18.8 Å². The van der Waals surface area contributed by atoms with E-state index in [2.05, 4.69) is 34.6 Å². The first-order valence-electron chi connectivity index (χ1n) is 5.75. The number of aryl methyl sites for hydroxylation is 3. The summed E-state index contributed by atoms with van der Waals surface area (Å²) in [4.78, 5) is 4.18. The Morgan fingerprint density at radius 2 is 2.06 bits per heavy atom. The van der Waals surface area contributed by atoms with Crippen LogP contribution in [0.25, 0.3) is 0 Å². The van der Waals surface area contributed by atoms with Gasteiger partial charge < -0.3 is 5.32 Å². The Labute approximate surface area is 102 Å². The minimum absolute atomic E-state index is 0.836. The number of nitrogens with one attached hydrogen (secondary N) is 1. The van der Waals surface area contributed by atoms with Crippen LogP contribution in [0.15, 0.2) is 24.7 Å². The topological polar surface area (TPSA) is 42.7 Å². The van der Waals surface area contributed by atoms with Crippen molar-refractivity contribution in [2.45, 2.75) is 26.9 Å². The monoisotopic (exact) mass is 230 g/mol. The Bertz CT molecular complexity index is 502. The lowest BCUT2D eigenvalue weighted by atomic mass is 10.2. The van der Waals surface area contributed by atoms with Gasteiger partial charge in [0, 0.05) is 44.3 Å².